The van der Waals surface area contributed by atoms with Crippen molar-refractivity contribution in [1.82, 2.24) is 15.0 Å². The van der Waals surface area contributed by atoms with Crippen molar-refractivity contribution in [3.8, 4) is 10.4 Å². The summed E-state index contributed by atoms with van der Waals surface area (Å²) < 4.78 is 15.3. The number of hydrogen-bond donors (Lipinski definition) is 2. The van der Waals surface area contributed by atoms with Crippen molar-refractivity contribution in [1.29, 1.82) is 0 Å². The second-order valence-electron chi connectivity index (χ2n) is 8.44. The molecule has 0 bridgehead atoms. The van der Waals surface area contributed by atoms with Crippen LogP contribution in [-0.4, -0.2) is 21.5 Å². The Morgan fingerprint density at radius 2 is 1.78 bits per heavy atom. The zero-order chi connectivity index (χ0) is 22.4. The topological polar surface area (TPSA) is 53.6 Å². The highest BCUT2D eigenvalue weighted by Gasteiger charge is 2.15. The number of H-pyrrole nitrogens is 1. The molecule has 0 atom stereocenters. The van der Waals surface area contributed by atoms with Crippen LogP contribution in [0.4, 0.5) is 10.2 Å². The Kier molecular flexibility index (Phi) is 5.18. The van der Waals surface area contributed by atoms with E-state index in [9.17, 15) is 4.39 Å². The summed E-state index contributed by atoms with van der Waals surface area (Å²) in [4.78, 5) is 13.4. The quantitative estimate of drug-likeness (QED) is 0.311. The van der Waals surface area contributed by atoms with E-state index in [2.05, 4.69) is 58.4 Å². The predicted molar refractivity (Wildman–Crippen MR) is 132 cm³/mol. The molecule has 2 N–H and O–H groups in total. The third kappa shape index (κ3) is 3.65. The molecule has 32 heavy (non-hydrogen) atoms. The first kappa shape index (κ1) is 20.6. The van der Waals surface area contributed by atoms with Crippen LogP contribution >= 0.6 is 11.3 Å². The fraction of sp³-hybridized carbons (Fsp3) is 0.231. The minimum absolute atomic E-state index is 0.206. The SMILES string of the molecule is Cc1cc(C)cc(-c2cc3ncnc(NCCc4c(C)[nH]c5c(F)ccc(C)c45)c3s2)c1. The molecular formula is C26H25FN4S. The number of benzene rings is 2. The number of thiophene rings is 1. The maximum Gasteiger partial charge on any atom is 0.147 e. The Balaban J connectivity index is 1.42. The summed E-state index contributed by atoms with van der Waals surface area (Å²) in [5, 5.41) is 4.48. The molecule has 0 aliphatic carbocycles. The summed E-state index contributed by atoms with van der Waals surface area (Å²) in [7, 11) is 0. The van der Waals surface area contributed by atoms with Gasteiger partial charge in [-0.05, 0) is 62.9 Å². The van der Waals surface area contributed by atoms with Gasteiger partial charge in [0.25, 0.3) is 0 Å². The van der Waals surface area contributed by atoms with E-state index in [1.165, 1.54) is 27.6 Å². The lowest BCUT2D eigenvalue weighted by Gasteiger charge is -2.08. The number of hydrogen-bond acceptors (Lipinski definition) is 4. The van der Waals surface area contributed by atoms with Gasteiger partial charge < -0.3 is 10.3 Å². The Hall–Kier alpha value is -3.25. The third-order valence-corrected chi connectivity index (χ3v) is 7.09. The average Bonchev–Trinajstić information content (AvgIpc) is 3.33. The Bertz CT molecular complexity index is 1440. The zero-order valence-electron chi connectivity index (χ0n) is 18.6. The molecule has 5 rings (SSSR count). The lowest BCUT2D eigenvalue weighted by atomic mass is 10.0. The molecule has 0 saturated heterocycles. The van der Waals surface area contributed by atoms with Gasteiger partial charge in [0.2, 0.25) is 0 Å². The lowest BCUT2D eigenvalue weighted by Crippen LogP contribution is -2.07. The maximum atomic E-state index is 14.3. The van der Waals surface area contributed by atoms with Gasteiger partial charge in [-0.15, -0.1) is 11.3 Å². The van der Waals surface area contributed by atoms with Crippen molar-refractivity contribution in [3.05, 3.63) is 76.5 Å². The van der Waals surface area contributed by atoms with Crippen LogP contribution in [0.5, 0.6) is 0 Å². The Morgan fingerprint density at radius 1 is 1.00 bits per heavy atom. The van der Waals surface area contributed by atoms with Gasteiger partial charge in [-0.1, -0.05) is 35.4 Å². The third-order valence-electron chi connectivity index (χ3n) is 5.91. The summed E-state index contributed by atoms with van der Waals surface area (Å²) in [5.41, 5.74) is 8.50. The molecule has 0 aliphatic rings. The molecule has 3 heterocycles. The molecule has 5 aromatic rings. The number of nitrogens with zero attached hydrogens (tertiary/aromatic N) is 2. The molecule has 0 amide bonds. The van der Waals surface area contributed by atoms with Crippen LogP contribution in [0.2, 0.25) is 0 Å². The second kappa shape index (κ2) is 8.02. The van der Waals surface area contributed by atoms with Crippen LogP contribution in [0.15, 0.2) is 42.7 Å². The summed E-state index contributed by atoms with van der Waals surface area (Å²) in [6, 6.07) is 12.1. The zero-order valence-corrected chi connectivity index (χ0v) is 19.5. The summed E-state index contributed by atoms with van der Waals surface area (Å²) in [5.74, 6) is 0.638. The van der Waals surface area contributed by atoms with Crippen molar-refractivity contribution < 1.29 is 4.39 Å². The van der Waals surface area contributed by atoms with Gasteiger partial charge in [-0.3, -0.25) is 0 Å². The molecule has 0 fully saturated rings. The van der Waals surface area contributed by atoms with Gasteiger partial charge in [-0.25, -0.2) is 14.4 Å². The minimum Gasteiger partial charge on any atom is -0.368 e. The number of nitrogens with one attached hydrogen (secondary N) is 2. The first-order valence-corrected chi connectivity index (χ1v) is 11.6. The molecule has 6 heteroatoms. The summed E-state index contributed by atoms with van der Waals surface area (Å²) in [6.07, 6.45) is 2.38. The second-order valence-corrected chi connectivity index (χ2v) is 9.50. The van der Waals surface area contributed by atoms with E-state index in [1.54, 1.807) is 17.7 Å². The molecule has 3 aromatic heterocycles. The Labute approximate surface area is 190 Å². The maximum absolute atomic E-state index is 14.3. The largest absolute Gasteiger partial charge is 0.368 e. The summed E-state index contributed by atoms with van der Waals surface area (Å²) >= 11 is 1.71. The van der Waals surface area contributed by atoms with Gasteiger partial charge >= 0.3 is 0 Å². The lowest BCUT2D eigenvalue weighted by molar-refractivity contribution is 0.637. The van der Waals surface area contributed by atoms with Crippen LogP contribution < -0.4 is 5.32 Å². The van der Waals surface area contributed by atoms with Crippen LogP contribution in [0.3, 0.4) is 0 Å². The number of fused-ring (bicyclic) bond motifs is 2. The van der Waals surface area contributed by atoms with Gasteiger partial charge in [0, 0.05) is 22.5 Å². The highest BCUT2D eigenvalue weighted by molar-refractivity contribution is 7.22. The highest BCUT2D eigenvalue weighted by Crippen LogP contribution is 2.36. The number of aryl methyl sites for hydroxylation is 4. The van der Waals surface area contributed by atoms with Crippen LogP contribution in [0.25, 0.3) is 31.6 Å². The molecule has 0 radical (unpaired) electrons. The first-order valence-electron chi connectivity index (χ1n) is 10.7. The number of halogens is 1. The normalized spacial score (nSPS) is 11.5. The van der Waals surface area contributed by atoms with Crippen LogP contribution in [-0.2, 0) is 6.42 Å². The highest BCUT2D eigenvalue weighted by atomic mass is 32.1. The van der Waals surface area contributed by atoms with Gasteiger partial charge in [0.1, 0.15) is 18.0 Å². The standard InChI is InChI=1S/C26H25FN4S/c1-14-9-15(2)11-18(10-14)22-12-21-25(32-22)26(30-13-29-21)28-8-7-19-17(4)31-24-20(27)6-5-16(3)23(19)24/h5-6,9-13,31H,7-8H2,1-4H3,(H,28,29,30). The molecule has 4 nitrogen and oxygen atoms in total. The fourth-order valence-electron chi connectivity index (χ4n) is 4.50. The number of anilines is 1. The van der Waals surface area contributed by atoms with Gasteiger partial charge in [0.05, 0.1) is 15.7 Å². The van der Waals surface area contributed by atoms with Crippen molar-refractivity contribution in [2.75, 3.05) is 11.9 Å². The van der Waals surface area contributed by atoms with Gasteiger partial charge in [0.15, 0.2) is 0 Å². The minimum atomic E-state index is -0.206. The van der Waals surface area contributed by atoms with Crippen molar-refractivity contribution >= 4 is 38.3 Å². The molecular weight excluding hydrogens is 419 g/mol. The smallest absolute Gasteiger partial charge is 0.147 e. The van der Waals surface area contributed by atoms with Crippen molar-refractivity contribution in [2.45, 2.75) is 34.1 Å². The Morgan fingerprint density at radius 3 is 2.56 bits per heavy atom. The summed E-state index contributed by atoms with van der Waals surface area (Å²) in [6.45, 7) is 8.98. The predicted octanol–water partition coefficient (Wildman–Crippen LogP) is 6.87. The number of rotatable bonds is 5. The number of aromatic amines is 1. The first-order chi connectivity index (χ1) is 15.4. The molecule has 0 spiro atoms. The molecule has 0 aliphatic heterocycles. The van der Waals surface area contributed by atoms with E-state index in [-0.39, 0.29) is 5.82 Å². The van der Waals surface area contributed by atoms with Gasteiger partial charge in [-0.2, -0.15) is 0 Å². The van der Waals surface area contributed by atoms with E-state index in [0.29, 0.717) is 12.1 Å². The number of aromatic nitrogens is 3. The molecule has 2 aromatic carbocycles. The van der Waals surface area contributed by atoms with E-state index in [0.717, 1.165) is 44.7 Å². The molecule has 162 valence electrons. The van der Waals surface area contributed by atoms with E-state index < -0.39 is 0 Å². The van der Waals surface area contributed by atoms with E-state index in [4.69, 9.17) is 0 Å². The van der Waals surface area contributed by atoms with E-state index in [1.807, 2.05) is 19.9 Å². The molecule has 0 unspecified atom stereocenters. The van der Waals surface area contributed by atoms with Crippen molar-refractivity contribution in [2.24, 2.45) is 0 Å². The van der Waals surface area contributed by atoms with Crippen LogP contribution in [0.1, 0.15) is 27.9 Å². The monoisotopic (exact) mass is 444 g/mol. The fourth-order valence-corrected chi connectivity index (χ4v) is 5.56. The average molecular weight is 445 g/mol. The molecule has 0 saturated carbocycles. The van der Waals surface area contributed by atoms with Crippen molar-refractivity contribution in [3.63, 3.8) is 0 Å². The van der Waals surface area contributed by atoms with Crippen LogP contribution in [0, 0.1) is 33.5 Å². The van der Waals surface area contributed by atoms with E-state index >= 15 is 0 Å².